The van der Waals surface area contributed by atoms with E-state index in [-0.39, 0.29) is 12.4 Å². The van der Waals surface area contributed by atoms with Gasteiger partial charge in [-0.15, -0.1) is 12.4 Å². The number of likely N-dealkylation sites (tertiary alicyclic amines) is 1. The molecule has 8 rings (SSSR count). The van der Waals surface area contributed by atoms with Crippen LogP contribution < -0.4 is 5.32 Å². The van der Waals surface area contributed by atoms with Crippen molar-refractivity contribution in [2.45, 2.75) is 58.0 Å². The molecule has 0 spiro atoms. The predicted octanol–water partition coefficient (Wildman–Crippen LogP) is 5.49. The van der Waals surface area contributed by atoms with Crippen molar-refractivity contribution >= 4 is 40.2 Å². The molecule has 0 saturated carbocycles. The molecule has 2 fully saturated rings. The van der Waals surface area contributed by atoms with E-state index in [1.807, 2.05) is 36.4 Å². The Bertz CT molecular complexity index is 2060. The van der Waals surface area contributed by atoms with E-state index in [0.717, 1.165) is 84.6 Å². The zero-order valence-electron chi connectivity index (χ0n) is 28.2. The van der Waals surface area contributed by atoms with E-state index in [0.29, 0.717) is 29.6 Å². The third kappa shape index (κ3) is 8.05. The van der Waals surface area contributed by atoms with Crippen molar-refractivity contribution in [3.8, 4) is 11.9 Å². The van der Waals surface area contributed by atoms with Crippen LogP contribution in [0.2, 0.25) is 0 Å². The van der Waals surface area contributed by atoms with E-state index in [1.165, 1.54) is 6.42 Å². The minimum absolute atomic E-state index is 0. The number of fused-ring (bicyclic) bond motifs is 2. The van der Waals surface area contributed by atoms with Gasteiger partial charge in [-0.05, 0) is 48.3 Å². The highest BCUT2D eigenvalue weighted by atomic mass is 35.5. The zero-order valence-corrected chi connectivity index (χ0v) is 29.0. The number of carbonyl (C=O) groups is 1. The number of carboxylic acid groups (broad SMARTS) is 1. The number of halogens is 4. The molecule has 18 heteroatoms. The predicted molar refractivity (Wildman–Crippen MR) is 183 cm³/mol. The van der Waals surface area contributed by atoms with E-state index in [9.17, 15) is 13.2 Å². The number of aliphatic carboxylic acids is 1. The van der Waals surface area contributed by atoms with E-state index in [1.54, 1.807) is 9.36 Å². The Morgan fingerprint density at radius 2 is 1.27 bits per heavy atom. The standard InChI is InChI=1S/C17H21N5O.C14H15N5O.C2HF3O2.ClH/c1-3-9-21-10-12(11-21)16-18-17(20-23-16)22-15-8-6-5-7-13(15)14(4-2)19-22;1-2-11-10-5-3-4-6-12(10)19(17-11)14-16-13(20-18-14)9-7-15-8-9;3-2(4,5)1(6)7;/h5-8,12H,3-4,9-11H2,1-2H3;3-6,9,15H,2,7-8H2,1H3;(H,6,7);1H. The van der Waals surface area contributed by atoms with Crippen molar-refractivity contribution in [3.05, 3.63) is 71.7 Å². The highest BCUT2D eigenvalue weighted by molar-refractivity contribution is 5.85. The third-order valence-corrected chi connectivity index (χ3v) is 8.46. The maximum Gasteiger partial charge on any atom is 0.490 e. The molecule has 4 aromatic heterocycles. The maximum absolute atomic E-state index is 10.6. The second-order valence-corrected chi connectivity index (χ2v) is 11.9. The second-order valence-electron chi connectivity index (χ2n) is 11.9. The van der Waals surface area contributed by atoms with Crippen molar-refractivity contribution in [1.82, 2.24) is 50.1 Å². The Balaban J connectivity index is 0.000000166. The lowest BCUT2D eigenvalue weighted by molar-refractivity contribution is -0.192. The fourth-order valence-corrected chi connectivity index (χ4v) is 5.73. The number of nitrogens with one attached hydrogen (secondary N) is 1. The summed E-state index contributed by atoms with van der Waals surface area (Å²) in [6.45, 7) is 11.4. The molecule has 14 nitrogen and oxygen atoms in total. The Kier molecular flexibility index (Phi) is 11.7. The van der Waals surface area contributed by atoms with Crippen LogP contribution >= 0.6 is 12.4 Å². The van der Waals surface area contributed by atoms with Crippen molar-refractivity contribution < 1.29 is 32.1 Å². The van der Waals surface area contributed by atoms with Crippen molar-refractivity contribution in [3.63, 3.8) is 0 Å². The summed E-state index contributed by atoms with van der Waals surface area (Å²) in [5.41, 5.74) is 4.16. The first kappa shape index (κ1) is 37.4. The van der Waals surface area contributed by atoms with Gasteiger partial charge in [0.05, 0.1) is 34.3 Å². The zero-order chi connectivity index (χ0) is 35.4. The number of hydrogen-bond acceptors (Lipinski definition) is 11. The number of aryl methyl sites for hydroxylation is 2. The molecule has 6 aromatic rings. The molecule has 51 heavy (non-hydrogen) atoms. The summed E-state index contributed by atoms with van der Waals surface area (Å²) in [5, 5.41) is 30.1. The largest absolute Gasteiger partial charge is 0.490 e. The summed E-state index contributed by atoms with van der Waals surface area (Å²) in [6.07, 6.45) is -2.14. The van der Waals surface area contributed by atoms with Crippen LogP contribution in [-0.4, -0.2) is 94.7 Å². The van der Waals surface area contributed by atoms with Crippen molar-refractivity contribution in [1.29, 1.82) is 0 Å². The number of benzene rings is 2. The number of nitrogens with zero attached hydrogens (tertiary/aromatic N) is 9. The number of para-hydroxylation sites is 2. The lowest BCUT2D eigenvalue weighted by Gasteiger charge is -2.36. The lowest BCUT2D eigenvalue weighted by atomic mass is 10.0. The highest BCUT2D eigenvalue weighted by Crippen LogP contribution is 2.28. The van der Waals surface area contributed by atoms with Crippen LogP contribution in [0.4, 0.5) is 13.2 Å². The molecule has 0 aliphatic carbocycles. The summed E-state index contributed by atoms with van der Waals surface area (Å²) in [4.78, 5) is 20.4. The fourth-order valence-electron chi connectivity index (χ4n) is 5.73. The van der Waals surface area contributed by atoms with Crippen LogP contribution in [0, 0.1) is 0 Å². The number of rotatable bonds is 8. The Labute approximate surface area is 296 Å². The van der Waals surface area contributed by atoms with Gasteiger partial charge in [-0.3, -0.25) is 0 Å². The monoisotopic (exact) mass is 730 g/mol. The molecular formula is C33H38ClF3N10O4. The summed E-state index contributed by atoms with van der Waals surface area (Å²) in [6, 6.07) is 16.3. The first-order valence-electron chi connectivity index (χ1n) is 16.5. The van der Waals surface area contributed by atoms with Gasteiger partial charge in [0, 0.05) is 37.0 Å². The molecule has 272 valence electrons. The molecule has 2 aromatic carbocycles. The van der Waals surface area contributed by atoms with Gasteiger partial charge >= 0.3 is 12.1 Å². The first-order chi connectivity index (χ1) is 24.1. The molecule has 0 bridgehead atoms. The van der Waals surface area contributed by atoms with Crippen LogP contribution in [0.1, 0.15) is 62.2 Å². The topological polar surface area (TPSA) is 166 Å². The summed E-state index contributed by atoms with van der Waals surface area (Å²) < 4.78 is 46.1. The number of alkyl halides is 3. The lowest BCUT2D eigenvalue weighted by Crippen LogP contribution is -2.45. The highest BCUT2D eigenvalue weighted by Gasteiger charge is 2.38. The average molecular weight is 731 g/mol. The average Bonchev–Trinajstić information content (AvgIpc) is 3.87. The molecule has 6 heterocycles. The van der Waals surface area contributed by atoms with Gasteiger partial charge in [-0.25, -0.2) is 4.79 Å². The Morgan fingerprint density at radius 1 is 0.824 bits per heavy atom. The van der Waals surface area contributed by atoms with Gasteiger partial charge in [-0.2, -0.15) is 42.7 Å². The second kappa shape index (κ2) is 16.0. The van der Waals surface area contributed by atoms with Gasteiger partial charge < -0.3 is 24.4 Å². The van der Waals surface area contributed by atoms with Crippen LogP contribution in [0.15, 0.2) is 57.6 Å². The minimum atomic E-state index is -5.08. The number of carboxylic acids is 1. The molecule has 0 unspecified atom stereocenters. The number of aromatic nitrogens is 8. The summed E-state index contributed by atoms with van der Waals surface area (Å²) >= 11 is 0. The smallest absolute Gasteiger partial charge is 0.475 e. The SMILES string of the molecule is CCCN1CC(c2nc(-n3nc(CC)c4ccccc43)no2)C1.CCc1nn(-c2noc(C3CNC3)n2)c2ccccc12.Cl.O=C(O)C(F)(F)F. The molecule has 0 radical (unpaired) electrons. The first-order valence-corrected chi connectivity index (χ1v) is 16.5. The molecule has 0 amide bonds. The normalized spacial score (nSPS) is 14.9. The van der Waals surface area contributed by atoms with E-state index < -0.39 is 12.1 Å². The molecule has 0 atom stereocenters. The molecule has 2 aliphatic rings. The maximum atomic E-state index is 10.6. The molecule has 2 N–H and O–H groups in total. The van der Waals surface area contributed by atoms with Crippen molar-refractivity contribution in [2.75, 3.05) is 32.7 Å². The molecule has 2 saturated heterocycles. The van der Waals surface area contributed by atoms with Crippen LogP contribution in [0.25, 0.3) is 33.7 Å². The van der Waals surface area contributed by atoms with E-state index in [2.05, 4.69) is 73.6 Å². The quantitative estimate of drug-likeness (QED) is 0.203. The van der Waals surface area contributed by atoms with Crippen LogP contribution in [0.5, 0.6) is 0 Å². The van der Waals surface area contributed by atoms with E-state index >= 15 is 0 Å². The van der Waals surface area contributed by atoms with Crippen LogP contribution in [-0.2, 0) is 17.6 Å². The van der Waals surface area contributed by atoms with Crippen LogP contribution in [0.3, 0.4) is 0 Å². The van der Waals surface area contributed by atoms with E-state index in [4.69, 9.17) is 18.9 Å². The van der Waals surface area contributed by atoms with Gasteiger partial charge in [0.25, 0.3) is 11.9 Å². The fraction of sp³-hybridized carbons (Fsp3) is 0.424. The Morgan fingerprint density at radius 3 is 1.67 bits per heavy atom. The summed E-state index contributed by atoms with van der Waals surface area (Å²) in [5.74, 6) is 0.403. The van der Waals surface area contributed by atoms with Gasteiger partial charge in [0.1, 0.15) is 0 Å². The molecular weight excluding hydrogens is 693 g/mol. The molecule has 2 aliphatic heterocycles. The number of hydrogen-bond donors (Lipinski definition) is 2. The summed E-state index contributed by atoms with van der Waals surface area (Å²) in [7, 11) is 0. The van der Waals surface area contributed by atoms with Gasteiger partial charge in [0.15, 0.2) is 0 Å². The van der Waals surface area contributed by atoms with Gasteiger partial charge in [-0.1, -0.05) is 57.2 Å². The minimum Gasteiger partial charge on any atom is -0.475 e. The third-order valence-electron chi connectivity index (χ3n) is 8.46. The van der Waals surface area contributed by atoms with Gasteiger partial charge in [0.2, 0.25) is 11.8 Å². The Hall–Kier alpha value is -4.87. The van der Waals surface area contributed by atoms with Crippen molar-refractivity contribution in [2.24, 2.45) is 0 Å².